The molecule has 0 spiro atoms. The lowest BCUT2D eigenvalue weighted by Gasteiger charge is -2.06. The lowest BCUT2D eigenvalue weighted by molar-refractivity contribution is -0.118. The van der Waals surface area contributed by atoms with Crippen molar-refractivity contribution in [3.8, 4) is 17.0 Å². The van der Waals surface area contributed by atoms with Crippen LogP contribution in [0, 0.1) is 0 Å². The van der Waals surface area contributed by atoms with E-state index in [4.69, 9.17) is 16.3 Å². The number of ketones is 1. The van der Waals surface area contributed by atoms with Crippen LogP contribution in [0.15, 0.2) is 54.6 Å². The monoisotopic (exact) mass is 386 g/mol. The molecule has 0 aliphatic carbocycles. The molecule has 3 aromatic rings. The van der Waals surface area contributed by atoms with Crippen LogP contribution in [0.4, 0.5) is 5.13 Å². The second-order valence-electron chi connectivity index (χ2n) is 5.39. The zero-order valence-corrected chi connectivity index (χ0v) is 15.4. The second-order valence-corrected chi connectivity index (χ2v) is 6.79. The van der Waals surface area contributed by atoms with E-state index in [9.17, 15) is 9.59 Å². The van der Waals surface area contributed by atoms with Crippen molar-refractivity contribution < 1.29 is 14.3 Å². The molecule has 0 unspecified atom stereocenters. The first kappa shape index (κ1) is 18.1. The number of carbonyl (C=O) groups is 2. The van der Waals surface area contributed by atoms with Crippen molar-refractivity contribution >= 4 is 39.8 Å². The summed E-state index contributed by atoms with van der Waals surface area (Å²) < 4.78 is 5.41. The van der Waals surface area contributed by atoms with Crippen LogP contribution >= 0.6 is 22.9 Å². The zero-order chi connectivity index (χ0) is 18.5. The smallest absolute Gasteiger partial charge is 0.264 e. The standard InChI is InChI=1S/C19H15ClN2O3S/c1-12(23)18-17(13-7-3-2-4-8-13)22-19(26-18)21-16(24)11-25-15-10-6-5-9-14(15)20/h2-10H,11H2,1H3,(H,21,22,24). The zero-order valence-electron chi connectivity index (χ0n) is 13.9. The van der Waals surface area contributed by atoms with Crippen molar-refractivity contribution in [2.45, 2.75) is 6.92 Å². The fourth-order valence-electron chi connectivity index (χ4n) is 2.26. The maximum atomic E-state index is 12.1. The van der Waals surface area contributed by atoms with E-state index in [0.717, 1.165) is 16.9 Å². The Hall–Kier alpha value is -2.70. The molecule has 1 amide bonds. The first-order chi connectivity index (χ1) is 12.5. The lowest BCUT2D eigenvalue weighted by atomic mass is 10.1. The Morgan fingerprint density at radius 3 is 2.50 bits per heavy atom. The average molecular weight is 387 g/mol. The molecule has 0 atom stereocenters. The fourth-order valence-corrected chi connectivity index (χ4v) is 3.35. The maximum absolute atomic E-state index is 12.1. The van der Waals surface area contributed by atoms with Crippen LogP contribution in [0.2, 0.25) is 5.02 Å². The van der Waals surface area contributed by atoms with Gasteiger partial charge in [-0.2, -0.15) is 0 Å². The number of ether oxygens (including phenoxy) is 1. The molecule has 7 heteroatoms. The van der Waals surface area contributed by atoms with Gasteiger partial charge in [-0.15, -0.1) is 0 Å². The largest absolute Gasteiger partial charge is 0.482 e. The number of anilines is 1. The number of thiazole rings is 1. The second kappa shape index (κ2) is 8.12. The number of halogens is 1. The summed E-state index contributed by atoms with van der Waals surface area (Å²) in [5.41, 5.74) is 1.38. The Bertz CT molecular complexity index is 941. The van der Waals surface area contributed by atoms with E-state index in [2.05, 4.69) is 10.3 Å². The van der Waals surface area contributed by atoms with Gasteiger partial charge in [-0.3, -0.25) is 14.9 Å². The topological polar surface area (TPSA) is 68.3 Å². The number of amides is 1. The minimum atomic E-state index is -0.381. The number of nitrogens with zero attached hydrogens (tertiary/aromatic N) is 1. The van der Waals surface area contributed by atoms with E-state index in [1.54, 1.807) is 24.3 Å². The third-order valence-corrected chi connectivity index (χ3v) is 4.82. The van der Waals surface area contributed by atoms with Crippen molar-refractivity contribution in [2.24, 2.45) is 0 Å². The molecule has 0 radical (unpaired) electrons. The molecule has 0 fully saturated rings. The Morgan fingerprint density at radius 1 is 1.12 bits per heavy atom. The van der Waals surface area contributed by atoms with Gasteiger partial charge in [-0.1, -0.05) is 65.4 Å². The summed E-state index contributed by atoms with van der Waals surface area (Å²) in [6, 6.07) is 16.3. The number of Topliss-reactive ketones (excluding diaryl/α,β-unsaturated/α-hetero) is 1. The van der Waals surface area contributed by atoms with Crippen LogP contribution in [-0.2, 0) is 4.79 Å². The van der Waals surface area contributed by atoms with Gasteiger partial charge in [0.1, 0.15) is 5.75 Å². The van der Waals surface area contributed by atoms with Gasteiger partial charge in [-0.25, -0.2) is 4.98 Å². The van der Waals surface area contributed by atoms with E-state index in [1.807, 2.05) is 30.3 Å². The summed E-state index contributed by atoms with van der Waals surface area (Å²) in [5.74, 6) is -0.0552. The van der Waals surface area contributed by atoms with Gasteiger partial charge in [0.15, 0.2) is 17.5 Å². The summed E-state index contributed by atoms with van der Waals surface area (Å²) >= 11 is 7.13. The van der Waals surface area contributed by atoms with E-state index < -0.39 is 0 Å². The van der Waals surface area contributed by atoms with Crippen molar-refractivity contribution in [3.63, 3.8) is 0 Å². The summed E-state index contributed by atoms with van der Waals surface area (Å²) in [6.07, 6.45) is 0. The molecule has 26 heavy (non-hydrogen) atoms. The first-order valence-electron chi connectivity index (χ1n) is 7.79. The minimum absolute atomic E-state index is 0.103. The predicted octanol–water partition coefficient (Wildman–Crippen LogP) is 4.68. The maximum Gasteiger partial charge on any atom is 0.264 e. The number of carbonyl (C=O) groups excluding carboxylic acids is 2. The molecule has 1 aromatic heterocycles. The highest BCUT2D eigenvalue weighted by Gasteiger charge is 2.18. The van der Waals surface area contributed by atoms with E-state index in [1.165, 1.54) is 6.92 Å². The quantitative estimate of drug-likeness (QED) is 0.624. The van der Waals surface area contributed by atoms with E-state index in [0.29, 0.717) is 26.5 Å². The van der Waals surface area contributed by atoms with E-state index >= 15 is 0 Å². The van der Waals surface area contributed by atoms with Crippen LogP contribution < -0.4 is 10.1 Å². The Balaban J connectivity index is 1.73. The number of hydrogen-bond acceptors (Lipinski definition) is 5. The van der Waals surface area contributed by atoms with Crippen LogP contribution in [0.25, 0.3) is 11.3 Å². The Labute approximate surface area is 159 Å². The molecule has 1 heterocycles. The number of benzene rings is 2. The molecule has 3 rings (SSSR count). The first-order valence-corrected chi connectivity index (χ1v) is 8.98. The average Bonchev–Trinajstić information content (AvgIpc) is 3.06. The third kappa shape index (κ3) is 4.28. The predicted molar refractivity (Wildman–Crippen MR) is 103 cm³/mol. The van der Waals surface area contributed by atoms with Crippen LogP contribution in [0.3, 0.4) is 0 Å². The van der Waals surface area contributed by atoms with Crippen molar-refractivity contribution in [2.75, 3.05) is 11.9 Å². The van der Waals surface area contributed by atoms with Gasteiger partial charge in [0, 0.05) is 12.5 Å². The normalized spacial score (nSPS) is 10.4. The number of hydrogen-bond donors (Lipinski definition) is 1. The Kier molecular flexibility index (Phi) is 5.65. The highest BCUT2D eigenvalue weighted by Crippen LogP contribution is 2.31. The van der Waals surface area contributed by atoms with Gasteiger partial charge in [-0.05, 0) is 12.1 Å². The number of para-hydroxylation sites is 1. The molecule has 0 saturated carbocycles. The van der Waals surface area contributed by atoms with Gasteiger partial charge in [0.25, 0.3) is 5.91 Å². The molecule has 0 saturated heterocycles. The van der Waals surface area contributed by atoms with Crippen molar-refractivity contribution in [1.82, 2.24) is 4.98 Å². The van der Waals surface area contributed by atoms with Gasteiger partial charge in [0.2, 0.25) is 0 Å². The van der Waals surface area contributed by atoms with Crippen LogP contribution in [0.5, 0.6) is 5.75 Å². The number of nitrogens with one attached hydrogen (secondary N) is 1. The Morgan fingerprint density at radius 2 is 1.81 bits per heavy atom. The highest BCUT2D eigenvalue weighted by molar-refractivity contribution is 7.18. The molecular weight excluding hydrogens is 372 g/mol. The van der Waals surface area contributed by atoms with Gasteiger partial charge >= 0.3 is 0 Å². The van der Waals surface area contributed by atoms with Crippen LogP contribution in [-0.4, -0.2) is 23.3 Å². The summed E-state index contributed by atoms with van der Waals surface area (Å²) in [6.45, 7) is 1.27. The summed E-state index contributed by atoms with van der Waals surface area (Å²) in [4.78, 5) is 28.9. The lowest BCUT2D eigenvalue weighted by Crippen LogP contribution is -2.20. The van der Waals surface area contributed by atoms with Crippen molar-refractivity contribution in [3.05, 3.63) is 64.5 Å². The van der Waals surface area contributed by atoms with Gasteiger partial charge in [0.05, 0.1) is 15.6 Å². The fraction of sp³-hybridized carbons (Fsp3) is 0.105. The van der Waals surface area contributed by atoms with E-state index in [-0.39, 0.29) is 18.3 Å². The molecule has 1 N–H and O–H groups in total. The number of rotatable bonds is 6. The number of aromatic nitrogens is 1. The molecule has 132 valence electrons. The molecule has 0 aliphatic heterocycles. The van der Waals surface area contributed by atoms with Crippen LogP contribution in [0.1, 0.15) is 16.6 Å². The molecule has 0 bridgehead atoms. The summed E-state index contributed by atoms with van der Waals surface area (Å²) in [5, 5.41) is 3.44. The molecular formula is C19H15ClN2O3S. The molecule has 2 aromatic carbocycles. The third-order valence-electron chi connectivity index (χ3n) is 3.44. The minimum Gasteiger partial charge on any atom is -0.482 e. The highest BCUT2D eigenvalue weighted by atomic mass is 35.5. The molecule has 0 aliphatic rings. The SMILES string of the molecule is CC(=O)c1sc(NC(=O)COc2ccccc2Cl)nc1-c1ccccc1. The van der Waals surface area contributed by atoms with Crippen molar-refractivity contribution in [1.29, 1.82) is 0 Å². The molecule has 5 nitrogen and oxygen atoms in total. The van der Waals surface area contributed by atoms with Gasteiger partial charge < -0.3 is 4.74 Å². The summed E-state index contributed by atoms with van der Waals surface area (Å²) in [7, 11) is 0.